The first-order valence-electron chi connectivity index (χ1n) is 11.3. The normalized spacial score (nSPS) is 12.0. The van der Waals surface area contributed by atoms with Crippen LogP contribution in [-0.2, 0) is 10.0 Å². The molecule has 0 saturated heterocycles. The molecule has 1 heterocycles. The average molecular weight is 485 g/mol. The fraction of sp³-hybridized carbons (Fsp3) is 0.400. The fourth-order valence-electron chi connectivity index (χ4n) is 3.53. The van der Waals surface area contributed by atoms with Gasteiger partial charge in [-0.25, -0.2) is 8.42 Å². The van der Waals surface area contributed by atoms with Gasteiger partial charge in [0.25, 0.3) is 5.91 Å². The van der Waals surface area contributed by atoms with E-state index in [1.165, 1.54) is 28.6 Å². The third kappa shape index (κ3) is 6.09. The molecule has 0 bridgehead atoms. The first-order valence-corrected chi connectivity index (χ1v) is 12.7. The molecular weight excluding hydrogens is 452 g/mol. The largest absolute Gasteiger partial charge is 0.403 e. The summed E-state index contributed by atoms with van der Waals surface area (Å²) in [6.45, 7) is 12.7. The average Bonchev–Trinajstić information content (AvgIpc) is 3.22. The van der Waals surface area contributed by atoms with Crippen molar-refractivity contribution < 1.29 is 17.6 Å². The minimum atomic E-state index is -3.67. The number of nitrogens with zero attached hydrogens (tertiary/aromatic N) is 3. The van der Waals surface area contributed by atoms with Crippen LogP contribution >= 0.6 is 0 Å². The van der Waals surface area contributed by atoms with Crippen LogP contribution in [0, 0.1) is 25.7 Å². The van der Waals surface area contributed by atoms with Crippen molar-refractivity contribution in [1.29, 1.82) is 0 Å². The molecule has 0 aliphatic rings. The van der Waals surface area contributed by atoms with Crippen LogP contribution in [0.4, 0.5) is 6.01 Å². The SMILES string of the molecule is Cc1ccc(C)c(-c2nnc(NC(=O)c3ccc(S(=O)(=O)N(CC(C)C)CC(C)C)cc3)o2)c1. The first kappa shape index (κ1) is 25.6. The van der Waals surface area contributed by atoms with Gasteiger partial charge >= 0.3 is 6.01 Å². The number of benzene rings is 2. The van der Waals surface area contributed by atoms with E-state index in [2.05, 4.69) is 15.5 Å². The Labute approximate surface area is 201 Å². The van der Waals surface area contributed by atoms with Crippen molar-refractivity contribution in [1.82, 2.24) is 14.5 Å². The molecule has 0 radical (unpaired) electrons. The third-order valence-electron chi connectivity index (χ3n) is 5.16. The summed E-state index contributed by atoms with van der Waals surface area (Å²) in [5.41, 5.74) is 3.12. The van der Waals surface area contributed by atoms with E-state index in [-0.39, 0.29) is 28.3 Å². The van der Waals surface area contributed by atoms with Crippen LogP contribution in [0.1, 0.15) is 49.2 Å². The lowest BCUT2D eigenvalue weighted by atomic mass is 10.1. The van der Waals surface area contributed by atoms with Crippen molar-refractivity contribution in [3.63, 3.8) is 0 Å². The summed E-state index contributed by atoms with van der Waals surface area (Å²) in [5, 5.41) is 10.5. The second kappa shape index (κ2) is 10.5. The summed E-state index contributed by atoms with van der Waals surface area (Å²) < 4.78 is 33.4. The van der Waals surface area contributed by atoms with Crippen molar-refractivity contribution in [2.24, 2.45) is 11.8 Å². The number of sulfonamides is 1. The monoisotopic (exact) mass is 484 g/mol. The number of aryl methyl sites for hydroxylation is 2. The lowest BCUT2D eigenvalue weighted by Crippen LogP contribution is -2.37. The highest BCUT2D eigenvalue weighted by molar-refractivity contribution is 7.89. The van der Waals surface area contributed by atoms with Gasteiger partial charge in [0.15, 0.2) is 0 Å². The Morgan fingerprint density at radius 2 is 1.59 bits per heavy atom. The Bertz CT molecular complexity index is 1240. The molecule has 8 nitrogen and oxygen atoms in total. The second-order valence-electron chi connectivity index (χ2n) is 9.32. The van der Waals surface area contributed by atoms with Gasteiger partial charge < -0.3 is 4.42 Å². The lowest BCUT2D eigenvalue weighted by molar-refractivity contribution is 0.102. The number of carbonyl (C=O) groups excluding carboxylic acids is 1. The molecule has 182 valence electrons. The number of nitrogens with one attached hydrogen (secondary N) is 1. The third-order valence-corrected chi connectivity index (χ3v) is 7.01. The number of hydrogen-bond acceptors (Lipinski definition) is 6. The van der Waals surface area contributed by atoms with Gasteiger partial charge in [0.05, 0.1) is 4.90 Å². The highest BCUT2D eigenvalue weighted by Gasteiger charge is 2.26. The Balaban J connectivity index is 1.75. The lowest BCUT2D eigenvalue weighted by Gasteiger charge is -2.25. The molecule has 0 aliphatic heterocycles. The molecule has 1 N–H and O–H groups in total. The van der Waals surface area contributed by atoms with E-state index in [4.69, 9.17) is 4.42 Å². The maximum Gasteiger partial charge on any atom is 0.322 e. The van der Waals surface area contributed by atoms with Crippen LogP contribution in [0.25, 0.3) is 11.5 Å². The summed E-state index contributed by atoms with van der Waals surface area (Å²) in [4.78, 5) is 12.8. The van der Waals surface area contributed by atoms with Crippen LogP contribution in [0.3, 0.4) is 0 Å². The number of carbonyl (C=O) groups is 1. The maximum atomic E-state index is 13.2. The van der Waals surface area contributed by atoms with Crippen molar-refractivity contribution in [2.45, 2.75) is 46.4 Å². The topological polar surface area (TPSA) is 105 Å². The molecular formula is C25H32N4O4S. The summed E-state index contributed by atoms with van der Waals surface area (Å²) in [5.74, 6) is 0.234. The summed E-state index contributed by atoms with van der Waals surface area (Å²) in [6.07, 6.45) is 0. The highest BCUT2D eigenvalue weighted by atomic mass is 32.2. The molecule has 0 saturated carbocycles. The molecule has 1 amide bonds. The molecule has 0 fully saturated rings. The summed E-state index contributed by atoms with van der Waals surface area (Å²) in [6, 6.07) is 11.7. The van der Waals surface area contributed by atoms with Gasteiger partial charge in [0, 0.05) is 24.2 Å². The number of hydrogen-bond donors (Lipinski definition) is 1. The van der Waals surface area contributed by atoms with Crippen LogP contribution < -0.4 is 5.32 Å². The van der Waals surface area contributed by atoms with Gasteiger partial charge in [-0.05, 0) is 61.6 Å². The number of amides is 1. The summed E-state index contributed by atoms with van der Waals surface area (Å²) in [7, 11) is -3.67. The van der Waals surface area contributed by atoms with Crippen LogP contribution in [0.15, 0.2) is 51.8 Å². The van der Waals surface area contributed by atoms with E-state index in [1.807, 2.05) is 59.7 Å². The number of anilines is 1. The predicted octanol–water partition coefficient (Wildman–Crippen LogP) is 4.91. The zero-order valence-electron chi connectivity index (χ0n) is 20.5. The quantitative estimate of drug-likeness (QED) is 0.463. The maximum absolute atomic E-state index is 13.2. The van der Waals surface area contributed by atoms with Gasteiger partial charge in [0.1, 0.15) is 0 Å². The Morgan fingerprint density at radius 3 is 2.18 bits per heavy atom. The fourth-order valence-corrected chi connectivity index (χ4v) is 5.30. The summed E-state index contributed by atoms with van der Waals surface area (Å²) >= 11 is 0. The molecule has 9 heteroatoms. The van der Waals surface area contributed by atoms with Crippen LogP contribution in [0.5, 0.6) is 0 Å². The number of rotatable bonds is 9. The van der Waals surface area contributed by atoms with E-state index in [9.17, 15) is 13.2 Å². The Morgan fingerprint density at radius 1 is 0.971 bits per heavy atom. The van der Waals surface area contributed by atoms with E-state index in [0.717, 1.165) is 16.7 Å². The van der Waals surface area contributed by atoms with Crippen LogP contribution in [-0.4, -0.2) is 41.9 Å². The Kier molecular flexibility index (Phi) is 7.89. The molecule has 0 unspecified atom stereocenters. The molecule has 3 aromatic rings. The van der Waals surface area contributed by atoms with Crippen molar-refractivity contribution in [2.75, 3.05) is 18.4 Å². The minimum Gasteiger partial charge on any atom is -0.403 e. The molecule has 0 aliphatic carbocycles. The highest BCUT2D eigenvalue weighted by Crippen LogP contribution is 2.25. The zero-order valence-corrected chi connectivity index (χ0v) is 21.3. The van der Waals surface area contributed by atoms with E-state index < -0.39 is 15.9 Å². The molecule has 0 spiro atoms. The van der Waals surface area contributed by atoms with Gasteiger partial charge in [0.2, 0.25) is 15.9 Å². The minimum absolute atomic E-state index is 0.0300. The van der Waals surface area contributed by atoms with Gasteiger partial charge in [-0.3, -0.25) is 10.1 Å². The van der Waals surface area contributed by atoms with E-state index >= 15 is 0 Å². The molecule has 3 rings (SSSR count). The second-order valence-corrected chi connectivity index (χ2v) is 11.3. The van der Waals surface area contributed by atoms with Gasteiger partial charge in [-0.15, -0.1) is 5.10 Å². The van der Waals surface area contributed by atoms with Crippen molar-refractivity contribution >= 4 is 21.9 Å². The standard InChI is InChI=1S/C25H32N4O4S/c1-16(2)14-29(15-17(3)4)34(31,32)21-11-9-20(10-12-21)23(30)26-25-28-27-24(33-25)22-13-18(5)7-8-19(22)6/h7-13,16-17H,14-15H2,1-6H3,(H,26,28,30). The van der Waals surface area contributed by atoms with Crippen molar-refractivity contribution in [3.05, 3.63) is 59.2 Å². The predicted molar refractivity (Wildman–Crippen MR) is 132 cm³/mol. The first-order chi connectivity index (χ1) is 16.0. The molecule has 34 heavy (non-hydrogen) atoms. The van der Waals surface area contributed by atoms with Gasteiger partial charge in [-0.1, -0.05) is 50.5 Å². The van der Waals surface area contributed by atoms with Crippen LogP contribution in [0.2, 0.25) is 0 Å². The van der Waals surface area contributed by atoms with E-state index in [0.29, 0.717) is 19.0 Å². The molecule has 1 aromatic heterocycles. The Hall–Kier alpha value is -3.04. The molecule has 2 aromatic carbocycles. The van der Waals surface area contributed by atoms with E-state index in [1.54, 1.807) is 0 Å². The van der Waals surface area contributed by atoms with Gasteiger partial charge in [-0.2, -0.15) is 4.31 Å². The van der Waals surface area contributed by atoms with Crippen molar-refractivity contribution in [3.8, 4) is 11.5 Å². The number of aromatic nitrogens is 2. The zero-order chi connectivity index (χ0) is 25.0. The molecule has 0 atom stereocenters. The smallest absolute Gasteiger partial charge is 0.322 e.